The van der Waals surface area contributed by atoms with Gasteiger partial charge in [-0.15, -0.1) is 22.7 Å². The fourth-order valence-corrected chi connectivity index (χ4v) is 4.64. The Hall–Kier alpha value is -4.74. The third kappa shape index (κ3) is 9.89. The van der Waals surface area contributed by atoms with Gasteiger partial charge < -0.3 is 22.9 Å². The van der Waals surface area contributed by atoms with Crippen molar-refractivity contribution in [2.75, 3.05) is 11.1 Å². The van der Waals surface area contributed by atoms with Crippen LogP contribution in [0.2, 0.25) is 0 Å². The van der Waals surface area contributed by atoms with Crippen LogP contribution in [0.25, 0.3) is 21.8 Å². The number of benzene rings is 2. The number of carbonyl (C=O) groups excluding carboxylic acids is 1. The Morgan fingerprint density at radius 2 is 1.47 bits per heavy atom. The summed E-state index contributed by atoms with van der Waals surface area (Å²) < 4.78 is 0. The summed E-state index contributed by atoms with van der Waals surface area (Å²) in [5.41, 5.74) is 11.8. The number of thiazole rings is 2. The normalized spacial score (nSPS) is 9.51. The summed E-state index contributed by atoms with van der Waals surface area (Å²) in [6, 6.07) is 9.01. The van der Waals surface area contributed by atoms with Crippen LogP contribution >= 0.6 is 22.7 Å². The molecule has 0 aliphatic heterocycles. The number of nitrogens with two attached hydrogens (primary N) is 1. The summed E-state index contributed by atoms with van der Waals surface area (Å²) >= 11 is 3.08. The van der Waals surface area contributed by atoms with Crippen molar-refractivity contribution in [1.29, 1.82) is 5.26 Å². The predicted molar refractivity (Wildman–Crippen MR) is 167 cm³/mol. The minimum Gasteiger partial charge on any atom is -0.512 e. The van der Waals surface area contributed by atoms with Gasteiger partial charge in [0.2, 0.25) is 0 Å². The number of aromatic amines is 2. The van der Waals surface area contributed by atoms with Crippen LogP contribution in [0, 0.1) is 45.9 Å². The fourth-order valence-electron chi connectivity index (χ4n) is 3.49. The third-order valence-corrected chi connectivity index (χ3v) is 7.28. The van der Waals surface area contributed by atoms with E-state index in [9.17, 15) is 25.0 Å². The molecule has 16 nitrogen and oxygen atoms in total. The number of anilines is 2. The van der Waals surface area contributed by atoms with Gasteiger partial charge in [-0.1, -0.05) is 0 Å². The van der Waals surface area contributed by atoms with Crippen LogP contribution in [-0.4, -0.2) is 54.9 Å². The fraction of sp³-hybridized carbons (Fsp3) is 0.120. The minimum absolute atomic E-state index is 0. The molecule has 0 atom stereocenters. The Kier molecular flexibility index (Phi) is 15.5. The molecule has 0 bridgehead atoms. The molecule has 4 heterocycles. The number of carbonyl (C=O) groups is 1. The Labute approximate surface area is 287 Å². The topological polar surface area (TPSA) is 248 Å². The molecule has 45 heavy (non-hydrogen) atoms. The zero-order valence-electron chi connectivity index (χ0n) is 24.0. The summed E-state index contributed by atoms with van der Waals surface area (Å²) in [6.45, 7) is 9.22. The van der Waals surface area contributed by atoms with Crippen LogP contribution in [0.5, 0.6) is 0 Å². The standard InChI is InChI=1S/C12H11N5O2S.C7H6N4O2.C5H5NOS.CN.B.Na/c1-7-11(14-6-20-7)5-13-12-9-3-2-8(17(18)19)4-10(9)15-16-12;8-7-5-2-1-4(11(12)13)3-6(5)9-10-7;1-4-5(2-7)6-3-8-4;1-2;;/h2-4,6H,5H2,1H3,(H2,13,15,16);1-3H,(H3,8,9,10);2-3H,1H3;;;/q;;;-1;;+1. The van der Waals surface area contributed by atoms with Crippen LogP contribution in [-0.2, 0) is 6.54 Å². The molecule has 0 amide bonds. The van der Waals surface area contributed by atoms with E-state index in [1.165, 1.54) is 35.6 Å². The van der Waals surface area contributed by atoms with Gasteiger partial charge in [0.15, 0.2) is 17.9 Å². The van der Waals surface area contributed by atoms with Crippen molar-refractivity contribution < 1.29 is 44.2 Å². The first-order chi connectivity index (χ1) is 20.7. The van der Waals surface area contributed by atoms with Gasteiger partial charge in [-0.05, 0) is 26.0 Å². The van der Waals surface area contributed by atoms with E-state index in [1.807, 2.05) is 13.8 Å². The van der Waals surface area contributed by atoms with Crippen molar-refractivity contribution in [3.05, 3.63) is 95.4 Å². The molecule has 20 heteroatoms. The number of hydrogen-bond donors (Lipinski definition) is 4. The average Bonchev–Trinajstić information content (AvgIpc) is 3.81. The molecule has 0 aliphatic carbocycles. The van der Waals surface area contributed by atoms with Gasteiger partial charge in [0.05, 0.1) is 44.1 Å². The Morgan fingerprint density at radius 3 is 1.96 bits per heavy atom. The summed E-state index contributed by atoms with van der Waals surface area (Å²) in [4.78, 5) is 40.4. The largest absolute Gasteiger partial charge is 1.00 e. The third-order valence-electron chi connectivity index (χ3n) is 5.71. The molecule has 6 rings (SSSR count). The first kappa shape index (κ1) is 38.3. The van der Waals surface area contributed by atoms with E-state index in [1.54, 1.807) is 34.5 Å². The molecule has 6 aromatic rings. The smallest absolute Gasteiger partial charge is 0.512 e. The summed E-state index contributed by atoms with van der Waals surface area (Å²) in [7, 11) is 0. The SMILES string of the molecule is Cc1scnc1C=O.Cc1scnc1CNc1n[nH]c2cc([N+](=O)[O-])ccc12.Nc1n[nH]c2cc([N+](=O)[O-])ccc12.[B].[C-]#N.[Na+]. The Bertz CT molecular complexity index is 1900. The summed E-state index contributed by atoms with van der Waals surface area (Å²) in [6.07, 6.45) is 0.770. The van der Waals surface area contributed by atoms with Gasteiger partial charge in [0.25, 0.3) is 11.4 Å². The quantitative estimate of drug-likeness (QED) is 0.0661. The second-order valence-corrected chi connectivity index (χ2v) is 10.4. The Morgan fingerprint density at radius 1 is 0.933 bits per heavy atom. The summed E-state index contributed by atoms with van der Waals surface area (Å²) in [5, 5.41) is 45.3. The van der Waals surface area contributed by atoms with Gasteiger partial charge in [-0.2, -0.15) is 10.2 Å². The van der Waals surface area contributed by atoms with E-state index in [4.69, 9.17) is 17.6 Å². The molecular formula is C25H22BN11NaO5S2. The van der Waals surface area contributed by atoms with Crippen molar-refractivity contribution in [2.45, 2.75) is 20.4 Å². The summed E-state index contributed by atoms with van der Waals surface area (Å²) in [5.74, 6) is 1.02. The number of non-ortho nitro benzene ring substituents is 2. The minimum atomic E-state index is -0.462. The number of nitrogens with one attached hydrogen (secondary N) is 3. The van der Waals surface area contributed by atoms with E-state index in [0.717, 1.165) is 27.1 Å². The number of nitro benzene ring substituents is 2. The molecule has 0 fully saturated rings. The maximum absolute atomic E-state index is 10.7. The molecule has 0 unspecified atom stereocenters. The zero-order chi connectivity index (χ0) is 31.5. The molecule has 2 aromatic carbocycles. The first-order valence-corrected chi connectivity index (χ1v) is 13.6. The number of aryl methyl sites for hydroxylation is 2. The molecule has 0 aliphatic rings. The number of H-pyrrole nitrogens is 2. The van der Waals surface area contributed by atoms with E-state index >= 15 is 0 Å². The molecular weight excluding hydrogens is 632 g/mol. The van der Waals surface area contributed by atoms with Crippen molar-refractivity contribution in [2.24, 2.45) is 0 Å². The molecule has 0 spiro atoms. The molecule has 3 radical (unpaired) electrons. The van der Waals surface area contributed by atoms with Crippen molar-refractivity contribution >= 4 is 82.2 Å². The molecule has 223 valence electrons. The molecule has 5 N–H and O–H groups in total. The number of nitrogen functional groups attached to an aromatic ring is 1. The average molecular weight is 654 g/mol. The van der Waals surface area contributed by atoms with E-state index in [2.05, 4.69) is 35.7 Å². The number of hydrogen-bond acceptors (Lipinski definition) is 14. The predicted octanol–water partition coefficient (Wildman–Crippen LogP) is 1.89. The maximum Gasteiger partial charge on any atom is 1.00 e. The maximum atomic E-state index is 10.7. The number of aldehydes is 1. The van der Waals surface area contributed by atoms with Crippen LogP contribution in [0.3, 0.4) is 0 Å². The molecule has 0 saturated carbocycles. The number of nitro groups is 2. The van der Waals surface area contributed by atoms with Gasteiger partial charge in [0, 0.05) is 53.2 Å². The number of fused-ring (bicyclic) bond motifs is 2. The van der Waals surface area contributed by atoms with E-state index in [-0.39, 0.29) is 49.3 Å². The van der Waals surface area contributed by atoms with Gasteiger partial charge in [-0.25, -0.2) is 9.97 Å². The van der Waals surface area contributed by atoms with Crippen molar-refractivity contribution in [3.8, 4) is 0 Å². The van der Waals surface area contributed by atoms with Crippen LogP contribution in [0.15, 0.2) is 47.4 Å². The van der Waals surface area contributed by atoms with E-state index in [0.29, 0.717) is 40.3 Å². The zero-order valence-corrected chi connectivity index (χ0v) is 27.7. The van der Waals surface area contributed by atoms with Gasteiger partial charge in [0.1, 0.15) is 5.69 Å². The number of rotatable bonds is 6. The van der Waals surface area contributed by atoms with Crippen LogP contribution in [0.4, 0.5) is 23.0 Å². The number of nitrogens with zero attached hydrogens (tertiary/aromatic N) is 7. The monoisotopic (exact) mass is 654 g/mol. The van der Waals surface area contributed by atoms with E-state index < -0.39 is 9.85 Å². The second kappa shape index (κ2) is 18.2. The van der Waals surface area contributed by atoms with Crippen molar-refractivity contribution in [1.82, 2.24) is 30.4 Å². The first-order valence-electron chi connectivity index (χ1n) is 11.9. The molecule has 4 aromatic heterocycles. The van der Waals surface area contributed by atoms with Gasteiger partial charge in [-0.3, -0.25) is 35.2 Å². The van der Waals surface area contributed by atoms with Crippen LogP contribution in [0.1, 0.15) is 25.9 Å². The second-order valence-electron chi connectivity index (χ2n) is 8.28. The number of aromatic nitrogens is 6. The molecule has 0 saturated heterocycles. The van der Waals surface area contributed by atoms with Crippen LogP contribution < -0.4 is 40.6 Å². The van der Waals surface area contributed by atoms with Gasteiger partial charge >= 0.3 is 29.6 Å². The Balaban J connectivity index is 0.000000350. The van der Waals surface area contributed by atoms with Crippen molar-refractivity contribution in [3.63, 3.8) is 0 Å².